The van der Waals surface area contributed by atoms with Crippen LogP contribution in [0.25, 0.3) is 0 Å². The van der Waals surface area contributed by atoms with Crippen LogP contribution in [0.3, 0.4) is 0 Å². The number of amides is 1. The van der Waals surface area contributed by atoms with Crippen LogP contribution < -0.4 is 5.32 Å². The van der Waals surface area contributed by atoms with Gasteiger partial charge in [-0.1, -0.05) is 32.0 Å². The summed E-state index contributed by atoms with van der Waals surface area (Å²) in [5, 5.41) is 2.79. The molecule has 2 aromatic carbocycles. The largest absolute Gasteiger partial charge is 0.456 e. The number of ether oxygens (including phenoxy) is 1. The maximum absolute atomic E-state index is 12.9. The van der Waals surface area contributed by atoms with Crippen molar-refractivity contribution in [1.29, 1.82) is 0 Å². The molecule has 0 aliphatic carbocycles. The molecule has 148 valence electrons. The monoisotopic (exact) mass is 385 g/mol. The third-order valence-electron chi connectivity index (χ3n) is 4.28. The average molecular weight is 385 g/mol. The quantitative estimate of drug-likeness (QED) is 0.540. The highest BCUT2D eigenvalue weighted by atomic mass is 19.1. The second-order valence-corrected chi connectivity index (χ2v) is 6.83. The van der Waals surface area contributed by atoms with Gasteiger partial charge in [0.2, 0.25) is 0 Å². The highest BCUT2D eigenvalue weighted by Gasteiger charge is 2.15. The summed E-state index contributed by atoms with van der Waals surface area (Å²) in [6.07, 6.45) is -0.216. The van der Waals surface area contributed by atoms with Gasteiger partial charge in [-0.15, -0.1) is 0 Å². The van der Waals surface area contributed by atoms with E-state index in [1.165, 1.54) is 24.3 Å². The van der Waals surface area contributed by atoms with Crippen LogP contribution in [0.5, 0.6) is 0 Å². The fourth-order valence-electron chi connectivity index (χ4n) is 2.73. The lowest BCUT2D eigenvalue weighted by atomic mass is 9.98. The van der Waals surface area contributed by atoms with Crippen LogP contribution in [0.4, 0.5) is 10.1 Å². The molecule has 0 saturated heterocycles. The fraction of sp³-hybridized carbons (Fsp3) is 0.318. The summed E-state index contributed by atoms with van der Waals surface area (Å²) in [4.78, 5) is 35.9. The highest BCUT2D eigenvalue weighted by molar-refractivity contribution is 5.98. The first kappa shape index (κ1) is 21.3. The number of para-hydroxylation sites is 1. The van der Waals surface area contributed by atoms with E-state index in [1.807, 2.05) is 39.0 Å². The Morgan fingerprint density at radius 2 is 1.71 bits per heavy atom. The molecular weight excluding hydrogens is 361 g/mol. The minimum atomic E-state index is -0.639. The number of halogens is 1. The summed E-state index contributed by atoms with van der Waals surface area (Å²) in [5.74, 6) is -1.57. The first-order valence-electron chi connectivity index (χ1n) is 9.11. The SMILES string of the molecule is Cc1cccc(C(C)C)c1NC(=O)COC(=O)CCC(=O)c1ccc(F)cc1. The molecule has 0 heterocycles. The van der Waals surface area contributed by atoms with Crippen molar-refractivity contribution in [2.24, 2.45) is 0 Å². The molecule has 0 atom stereocenters. The van der Waals surface area contributed by atoms with Crippen LogP contribution in [0.2, 0.25) is 0 Å². The van der Waals surface area contributed by atoms with Gasteiger partial charge in [-0.05, 0) is 48.2 Å². The van der Waals surface area contributed by atoms with Crippen molar-refractivity contribution in [2.45, 2.75) is 39.5 Å². The minimum absolute atomic E-state index is 0.0681. The summed E-state index contributed by atoms with van der Waals surface area (Å²) in [6, 6.07) is 10.9. The minimum Gasteiger partial charge on any atom is -0.456 e. The Kier molecular flexibility index (Phi) is 7.44. The number of carbonyl (C=O) groups is 3. The Hall–Kier alpha value is -3.02. The van der Waals surface area contributed by atoms with E-state index >= 15 is 0 Å². The van der Waals surface area contributed by atoms with Gasteiger partial charge in [0.25, 0.3) is 5.91 Å². The van der Waals surface area contributed by atoms with Crippen molar-refractivity contribution in [1.82, 2.24) is 0 Å². The standard InChI is InChI=1S/C22H24FNO4/c1-14(2)18-6-4-5-15(3)22(18)24-20(26)13-28-21(27)12-11-19(25)16-7-9-17(23)10-8-16/h4-10,14H,11-13H2,1-3H3,(H,24,26). The van der Waals surface area contributed by atoms with Crippen LogP contribution in [0.1, 0.15) is 54.1 Å². The second-order valence-electron chi connectivity index (χ2n) is 6.83. The van der Waals surface area contributed by atoms with Gasteiger partial charge < -0.3 is 10.1 Å². The maximum Gasteiger partial charge on any atom is 0.306 e. The van der Waals surface area contributed by atoms with Gasteiger partial charge in [-0.25, -0.2) is 4.39 Å². The van der Waals surface area contributed by atoms with E-state index < -0.39 is 24.3 Å². The molecule has 0 bridgehead atoms. The van der Waals surface area contributed by atoms with Crippen LogP contribution in [-0.2, 0) is 14.3 Å². The maximum atomic E-state index is 12.9. The molecule has 0 radical (unpaired) electrons. The van der Waals surface area contributed by atoms with E-state index in [0.717, 1.165) is 16.8 Å². The number of anilines is 1. The lowest BCUT2D eigenvalue weighted by molar-refractivity contribution is -0.147. The van der Waals surface area contributed by atoms with Gasteiger partial charge in [0.05, 0.1) is 6.42 Å². The number of esters is 1. The molecule has 0 aliphatic heterocycles. The molecule has 5 nitrogen and oxygen atoms in total. The molecular formula is C22H24FNO4. The van der Waals surface area contributed by atoms with E-state index in [9.17, 15) is 18.8 Å². The van der Waals surface area contributed by atoms with Crippen LogP contribution in [-0.4, -0.2) is 24.3 Å². The number of hydrogen-bond donors (Lipinski definition) is 1. The Labute approximate surface area is 163 Å². The fourth-order valence-corrected chi connectivity index (χ4v) is 2.73. The topological polar surface area (TPSA) is 72.5 Å². The zero-order valence-electron chi connectivity index (χ0n) is 16.3. The molecule has 2 aromatic rings. The zero-order chi connectivity index (χ0) is 20.7. The molecule has 0 unspecified atom stereocenters. The Bertz CT molecular complexity index is 859. The van der Waals surface area contributed by atoms with Crippen LogP contribution >= 0.6 is 0 Å². The summed E-state index contributed by atoms with van der Waals surface area (Å²) in [6.45, 7) is 5.54. The van der Waals surface area contributed by atoms with E-state index in [4.69, 9.17) is 4.74 Å². The van der Waals surface area contributed by atoms with E-state index in [1.54, 1.807) is 0 Å². The van der Waals surface area contributed by atoms with Crippen molar-refractivity contribution in [2.75, 3.05) is 11.9 Å². The van der Waals surface area contributed by atoms with Gasteiger partial charge in [0.1, 0.15) is 5.82 Å². The van der Waals surface area contributed by atoms with Crippen molar-refractivity contribution in [3.8, 4) is 0 Å². The Morgan fingerprint density at radius 1 is 1.04 bits per heavy atom. The van der Waals surface area contributed by atoms with E-state index in [2.05, 4.69) is 5.32 Å². The number of ketones is 1. The molecule has 0 aliphatic rings. The van der Waals surface area contributed by atoms with E-state index in [-0.39, 0.29) is 24.5 Å². The molecule has 2 rings (SSSR count). The normalized spacial score (nSPS) is 10.6. The van der Waals surface area contributed by atoms with Crippen molar-refractivity contribution in [3.05, 3.63) is 65.0 Å². The lowest BCUT2D eigenvalue weighted by Crippen LogP contribution is -2.22. The van der Waals surface area contributed by atoms with Gasteiger partial charge in [-0.2, -0.15) is 0 Å². The molecule has 1 amide bonds. The summed E-state index contributed by atoms with van der Waals surface area (Å²) >= 11 is 0. The lowest BCUT2D eigenvalue weighted by Gasteiger charge is -2.16. The predicted molar refractivity (Wildman–Crippen MR) is 105 cm³/mol. The van der Waals surface area contributed by atoms with Crippen LogP contribution in [0.15, 0.2) is 42.5 Å². The summed E-state index contributed by atoms with van der Waals surface area (Å²) in [7, 11) is 0. The first-order valence-corrected chi connectivity index (χ1v) is 9.11. The summed E-state index contributed by atoms with van der Waals surface area (Å²) < 4.78 is 17.8. The van der Waals surface area contributed by atoms with Crippen molar-refractivity contribution < 1.29 is 23.5 Å². The van der Waals surface area contributed by atoms with Crippen molar-refractivity contribution in [3.63, 3.8) is 0 Å². The number of rotatable bonds is 8. The third kappa shape index (κ3) is 6.01. The Morgan fingerprint density at radius 3 is 2.36 bits per heavy atom. The van der Waals surface area contributed by atoms with Gasteiger partial charge in [0, 0.05) is 17.7 Å². The number of benzene rings is 2. The van der Waals surface area contributed by atoms with Gasteiger partial charge in [0.15, 0.2) is 12.4 Å². The number of hydrogen-bond acceptors (Lipinski definition) is 4. The van der Waals surface area contributed by atoms with E-state index in [0.29, 0.717) is 5.56 Å². The number of nitrogens with one attached hydrogen (secondary N) is 1. The third-order valence-corrected chi connectivity index (χ3v) is 4.28. The molecule has 0 saturated carbocycles. The molecule has 0 spiro atoms. The van der Waals surface area contributed by atoms with Crippen molar-refractivity contribution >= 4 is 23.3 Å². The van der Waals surface area contributed by atoms with Gasteiger partial charge >= 0.3 is 5.97 Å². The Balaban J connectivity index is 1.82. The molecule has 1 N–H and O–H groups in total. The smallest absolute Gasteiger partial charge is 0.306 e. The number of carbonyl (C=O) groups excluding carboxylic acids is 3. The van der Waals surface area contributed by atoms with Gasteiger partial charge in [-0.3, -0.25) is 14.4 Å². The molecule has 28 heavy (non-hydrogen) atoms. The predicted octanol–water partition coefficient (Wildman–Crippen LogP) is 4.40. The summed E-state index contributed by atoms with van der Waals surface area (Å²) in [5.41, 5.74) is 2.98. The first-order chi connectivity index (χ1) is 13.3. The number of Topliss-reactive ketones (excluding diaryl/α,β-unsaturated/α-hetero) is 1. The average Bonchev–Trinajstić information content (AvgIpc) is 2.66. The molecule has 0 aromatic heterocycles. The molecule has 0 fully saturated rings. The molecule has 6 heteroatoms. The van der Waals surface area contributed by atoms with Crippen LogP contribution in [0, 0.1) is 12.7 Å². The highest BCUT2D eigenvalue weighted by Crippen LogP contribution is 2.27. The number of aryl methyl sites for hydroxylation is 1. The second kappa shape index (κ2) is 9.78. The zero-order valence-corrected chi connectivity index (χ0v) is 16.3.